The molecule has 0 aliphatic carbocycles. The maximum Gasteiger partial charge on any atom is 0.211 e. The van der Waals surface area contributed by atoms with Crippen molar-refractivity contribution in [3.05, 3.63) is 41.4 Å². The molecule has 0 bridgehead atoms. The van der Waals surface area contributed by atoms with E-state index in [4.69, 9.17) is 9.47 Å². The third kappa shape index (κ3) is 6.26. The van der Waals surface area contributed by atoms with E-state index in [1.807, 2.05) is 18.2 Å². The molecule has 1 amide bonds. The van der Waals surface area contributed by atoms with Gasteiger partial charge in [-0.25, -0.2) is 0 Å². The SMILES string of the molecule is CC1(C)CCOc2cc(NC=O)ccc2OC1.Cc1pcccc1S. The van der Waals surface area contributed by atoms with Crippen LogP contribution >= 0.6 is 20.8 Å². The Morgan fingerprint density at radius 1 is 1.24 bits per heavy atom. The zero-order valence-electron chi connectivity index (χ0n) is 14.8. The van der Waals surface area contributed by atoms with Gasteiger partial charge in [-0.2, -0.15) is 0 Å². The lowest BCUT2D eigenvalue weighted by atomic mass is 9.91. The molecule has 1 aliphatic heterocycles. The smallest absolute Gasteiger partial charge is 0.211 e. The summed E-state index contributed by atoms with van der Waals surface area (Å²) in [5, 5.41) is 3.92. The fourth-order valence-corrected chi connectivity index (χ4v) is 3.02. The van der Waals surface area contributed by atoms with E-state index in [1.54, 1.807) is 12.1 Å². The predicted octanol–water partition coefficient (Wildman–Crippen LogP) is 5.31. The molecular weight excluding hydrogens is 353 g/mol. The summed E-state index contributed by atoms with van der Waals surface area (Å²) in [5.41, 5.74) is 0.833. The second kappa shape index (κ2) is 9.12. The summed E-state index contributed by atoms with van der Waals surface area (Å²) >= 11 is 4.22. The fraction of sp³-hybridized carbons (Fsp3) is 0.368. The Morgan fingerprint density at radius 3 is 2.68 bits per heavy atom. The molecule has 2 heterocycles. The van der Waals surface area contributed by atoms with Crippen LogP contribution in [-0.2, 0) is 4.79 Å². The van der Waals surface area contributed by atoms with Crippen molar-refractivity contribution in [3.8, 4) is 11.5 Å². The Labute approximate surface area is 156 Å². The summed E-state index contributed by atoms with van der Waals surface area (Å²) in [7, 11) is 1.28. The lowest BCUT2D eigenvalue weighted by Crippen LogP contribution is -2.26. The molecule has 3 rings (SSSR count). The lowest BCUT2D eigenvalue weighted by Gasteiger charge is -2.28. The molecule has 4 nitrogen and oxygen atoms in total. The molecule has 2 aromatic rings. The van der Waals surface area contributed by atoms with E-state index in [9.17, 15) is 4.79 Å². The number of benzene rings is 1. The molecule has 25 heavy (non-hydrogen) atoms. The number of aryl methyl sites for hydroxylation is 1. The van der Waals surface area contributed by atoms with Crippen LogP contribution in [0.25, 0.3) is 0 Å². The normalized spacial score (nSPS) is 15.4. The van der Waals surface area contributed by atoms with Gasteiger partial charge < -0.3 is 14.8 Å². The largest absolute Gasteiger partial charge is 0.490 e. The van der Waals surface area contributed by atoms with E-state index < -0.39 is 0 Å². The van der Waals surface area contributed by atoms with Crippen LogP contribution in [0.4, 0.5) is 5.69 Å². The van der Waals surface area contributed by atoms with Crippen molar-refractivity contribution in [1.82, 2.24) is 0 Å². The molecule has 0 unspecified atom stereocenters. The summed E-state index contributed by atoms with van der Waals surface area (Å²) in [4.78, 5) is 11.5. The van der Waals surface area contributed by atoms with Crippen LogP contribution in [0.3, 0.4) is 0 Å². The molecule has 1 aromatic heterocycles. The summed E-state index contributed by atoms with van der Waals surface area (Å²) < 4.78 is 11.4. The number of carbonyl (C=O) groups is 1. The van der Waals surface area contributed by atoms with Crippen molar-refractivity contribution in [2.24, 2.45) is 5.41 Å². The number of fused-ring (bicyclic) bond motifs is 1. The van der Waals surface area contributed by atoms with Gasteiger partial charge in [0.1, 0.15) is 0 Å². The van der Waals surface area contributed by atoms with Gasteiger partial charge in [-0.1, -0.05) is 28.1 Å². The summed E-state index contributed by atoms with van der Waals surface area (Å²) in [6, 6.07) is 9.43. The van der Waals surface area contributed by atoms with Gasteiger partial charge in [-0.15, -0.1) is 12.6 Å². The van der Waals surface area contributed by atoms with E-state index in [1.165, 1.54) is 13.5 Å². The minimum Gasteiger partial charge on any atom is -0.490 e. The minimum absolute atomic E-state index is 0.122. The van der Waals surface area contributed by atoms with E-state index >= 15 is 0 Å². The average molecular weight is 377 g/mol. The molecule has 1 N–H and O–H groups in total. The molecule has 0 spiro atoms. The lowest BCUT2D eigenvalue weighted by molar-refractivity contribution is -0.105. The number of amides is 1. The Balaban J connectivity index is 0.000000236. The van der Waals surface area contributed by atoms with E-state index in [0.717, 1.165) is 17.1 Å². The average Bonchev–Trinajstić information content (AvgIpc) is 2.56. The van der Waals surface area contributed by atoms with Gasteiger partial charge in [0.05, 0.1) is 13.2 Å². The summed E-state index contributed by atoms with van der Waals surface area (Å²) in [6.07, 6.45) is 1.59. The second-order valence-corrected chi connectivity index (χ2v) is 8.29. The number of nitrogens with one attached hydrogen (secondary N) is 1. The first-order chi connectivity index (χ1) is 11.9. The van der Waals surface area contributed by atoms with Gasteiger partial charge in [0.15, 0.2) is 11.5 Å². The van der Waals surface area contributed by atoms with Crippen LogP contribution in [0.15, 0.2) is 41.0 Å². The number of thiol groups is 1. The number of hydrogen-bond donors (Lipinski definition) is 2. The standard InChI is InChI=1S/C13H17NO3.C6H7PS/c1-13(2)5-6-16-12-7-10(14-9-15)3-4-11(12)17-8-13;1-5-6(8)3-2-4-7-5/h3-4,7,9H,5-6,8H2,1-2H3,(H,14,15);2-4,8H,1H3. The summed E-state index contributed by atoms with van der Waals surface area (Å²) in [5.74, 6) is 3.52. The van der Waals surface area contributed by atoms with Crippen molar-refractivity contribution in [2.75, 3.05) is 18.5 Å². The maximum absolute atomic E-state index is 10.4. The van der Waals surface area contributed by atoms with Gasteiger partial charge in [-0.05, 0) is 42.6 Å². The Hall–Kier alpha value is -1.71. The van der Waals surface area contributed by atoms with Crippen LogP contribution in [-0.4, -0.2) is 19.6 Å². The van der Waals surface area contributed by atoms with E-state index in [0.29, 0.717) is 31.1 Å². The molecule has 0 fully saturated rings. The monoisotopic (exact) mass is 377 g/mol. The number of hydrogen-bond acceptors (Lipinski definition) is 4. The quantitative estimate of drug-likeness (QED) is 0.551. The first-order valence-corrected chi connectivity index (χ1v) is 9.53. The number of carbonyl (C=O) groups excluding carboxylic acids is 1. The van der Waals surface area contributed by atoms with E-state index in [-0.39, 0.29) is 5.41 Å². The molecular formula is C19H24NO3PS. The van der Waals surface area contributed by atoms with Gasteiger partial charge >= 0.3 is 0 Å². The Kier molecular flexibility index (Phi) is 7.15. The van der Waals surface area contributed by atoms with Gasteiger partial charge in [0, 0.05) is 22.1 Å². The van der Waals surface area contributed by atoms with E-state index in [2.05, 4.69) is 44.5 Å². The number of rotatable bonds is 2. The second-order valence-electron chi connectivity index (χ2n) is 6.58. The van der Waals surface area contributed by atoms with Gasteiger partial charge in [-0.3, -0.25) is 4.79 Å². The molecule has 0 saturated heterocycles. The highest BCUT2D eigenvalue weighted by Gasteiger charge is 2.22. The summed E-state index contributed by atoms with van der Waals surface area (Å²) in [6.45, 7) is 7.73. The fourth-order valence-electron chi connectivity index (χ4n) is 2.16. The molecule has 1 aromatic carbocycles. The molecule has 0 radical (unpaired) electrons. The highest BCUT2D eigenvalue weighted by atomic mass is 32.1. The van der Waals surface area contributed by atoms with Crippen LogP contribution < -0.4 is 14.8 Å². The van der Waals surface area contributed by atoms with Crippen LogP contribution in [0.2, 0.25) is 0 Å². The van der Waals surface area contributed by atoms with Crippen molar-refractivity contribution in [2.45, 2.75) is 32.1 Å². The van der Waals surface area contributed by atoms with Crippen molar-refractivity contribution < 1.29 is 14.3 Å². The van der Waals surface area contributed by atoms with Gasteiger partial charge in [0.25, 0.3) is 0 Å². The topological polar surface area (TPSA) is 47.6 Å². The number of anilines is 1. The maximum atomic E-state index is 10.4. The molecule has 134 valence electrons. The predicted molar refractivity (Wildman–Crippen MR) is 106 cm³/mol. The van der Waals surface area contributed by atoms with Crippen LogP contribution in [0, 0.1) is 12.3 Å². The third-order valence-corrected chi connectivity index (χ3v) is 5.41. The van der Waals surface area contributed by atoms with Gasteiger partial charge in [0.2, 0.25) is 6.41 Å². The minimum atomic E-state index is 0.122. The highest BCUT2D eigenvalue weighted by Crippen LogP contribution is 2.35. The molecule has 0 atom stereocenters. The number of ether oxygens (including phenoxy) is 2. The van der Waals surface area contributed by atoms with Crippen LogP contribution in [0.1, 0.15) is 25.6 Å². The molecule has 1 aliphatic rings. The molecule has 6 heteroatoms. The zero-order chi connectivity index (χ0) is 18.3. The van der Waals surface area contributed by atoms with Crippen LogP contribution in [0.5, 0.6) is 11.5 Å². The van der Waals surface area contributed by atoms with Crippen molar-refractivity contribution >= 4 is 32.9 Å². The first kappa shape index (κ1) is 19.6. The van der Waals surface area contributed by atoms with Crippen molar-refractivity contribution in [3.63, 3.8) is 0 Å². The Morgan fingerprint density at radius 2 is 2.04 bits per heavy atom. The third-order valence-electron chi connectivity index (χ3n) is 3.80. The Bertz CT molecular complexity index is 701. The molecule has 0 saturated carbocycles. The zero-order valence-corrected chi connectivity index (χ0v) is 16.6. The first-order valence-electron chi connectivity index (χ1n) is 8.12. The highest BCUT2D eigenvalue weighted by molar-refractivity contribution is 7.80. The van der Waals surface area contributed by atoms with Crippen molar-refractivity contribution in [1.29, 1.82) is 0 Å².